The minimum atomic E-state index is -0.223. The first-order valence-electron chi connectivity index (χ1n) is 14.1. The lowest BCUT2D eigenvalue weighted by molar-refractivity contribution is -0.139. The van der Waals surface area contributed by atoms with Gasteiger partial charge in [-0.3, -0.25) is 9.59 Å². The fraction of sp³-hybridized carbons (Fsp3) is 0.438. The van der Waals surface area contributed by atoms with Crippen LogP contribution in [0.25, 0.3) is 0 Å². The summed E-state index contributed by atoms with van der Waals surface area (Å²) in [5.41, 5.74) is 2.20. The van der Waals surface area contributed by atoms with Crippen molar-refractivity contribution >= 4 is 11.8 Å². The number of carbonyl (C=O) groups is 2. The van der Waals surface area contributed by atoms with Gasteiger partial charge in [-0.15, -0.1) is 0 Å². The van der Waals surface area contributed by atoms with E-state index < -0.39 is 0 Å². The Morgan fingerprint density at radius 2 is 1.69 bits per heavy atom. The first kappa shape index (κ1) is 25.7. The fourth-order valence-electron chi connectivity index (χ4n) is 6.81. The zero-order valence-electron chi connectivity index (χ0n) is 22.6. The van der Waals surface area contributed by atoms with Crippen LogP contribution in [-0.4, -0.2) is 72.9 Å². The van der Waals surface area contributed by atoms with Crippen LogP contribution >= 0.6 is 0 Å². The quantitative estimate of drug-likeness (QED) is 0.447. The molecule has 0 N–H and O–H groups in total. The molecule has 2 aromatic carbocycles. The molecule has 3 aliphatic rings. The number of hydrogen-bond donors (Lipinski definition) is 0. The van der Waals surface area contributed by atoms with E-state index in [0.29, 0.717) is 30.7 Å². The van der Waals surface area contributed by atoms with Gasteiger partial charge in [0.1, 0.15) is 5.75 Å². The van der Waals surface area contributed by atoms with Gasteiger partial charge in [0.15, 0.2) is 5.76 Å². The van der Waals surface area contributed by atoms with E-state index >= 15 is 0 Å². The lowest BCUT2D eigenvalue weighted by Crippen LogP contribution is -2.46. The number of nitrogens with zero attached hydrogens (tertiary/aromatic N) is 3. The molecule has 3 aromatic rings. The molecule has 3 aliphatic heterocycles. The van der Waals surface area contributed by atoms with E-state index in [1.54, 1.807) is 25.5 Å². The molecule has 6 rings (SSSR count). The minimum Gasteiger partial charge on any atom is -0.497 e. The van der Waals surface area contributed by atoms with Crippen LogP contribution in [0.5, 0.6) is 5.75 Å². The lowest BCUT2D eigenvalue weighted by Gasteiger charge is -2.39. The normalized spacial score (nSPS) is 23.1. The molecule has 0 aliphatic carbocycles. The van der Waals surface area contributed by atoms with Crippen molar-refractivity contribution < 1.29 is 18.7 Å². The van der Waals surface area contributed by atoms with E-state index in [2.05, 4.69) is 29.2 Å². The number of carbonyl (C=O) groups excluding carboxylic acids is 2. The molecule has 2 atom stereocenters. The Bertz CT molecular complexity index is 1270. The molecule has 1 aromatic heterocycles. The lowest BCUT2D eigenvalue weighted by atomic mass is 9.76. The summed E-state index contributed by atoms with van der Waals surface area (Å²) >= 11 is 0. The minimum absolute atomic E-state index is 0.0328. The van der Waals surface area contributed by atoms with Gasteiger partial charge in [-0.1, -0.05) is 42.5 Å². The van der Waals surface area contributed by atoms with Crippen molar-refractivity contribution in [3.63, 3.8) is 0 Å². The number of methoxy groups -OCH3 is 1. The highest BCUT2D eigenvalue weighted by Crippen LogP contribution is 2.43. The molecule has 0 bridgehead atoms. The van der Waals surface area contributed by atoms with E-state index in [-0.39, 0.29) is 17.2 Å². The third kappa shape index (κ3) is 5.20. The van der Waals surface area contributed by atoms with Crippen LogP contribution in [-0.2, 0) is 11.3 Å². The standard InChI is InChI=1S/C32H37N3O4/c1-38-27-11-9-24(10-12-27)20-34-18-15-32(31(34)37)13-16-33(17-14-32)21-26-22-35(30(36)29-8-5-19-39-29)23-28(26)25-6-3-2-4-7-25/h2-12,19,26,28H,13-18,20-23H2,1H3/t26-,28+/m0/s1. The molecule has 7 heteroatoms. The second-order valence-corrected chi connectivity index (χ2v) is 11.4. The zero-order valence-corrected chi connectivity index (χ0v) is 22.6. The number of benzene rings is 2. The second kappa shape index (κ2) is 10.9. The van der Waals surface area contributed by atoms with Gasteiger partial charge >= 0.3 is 0 Å². The van der Waals surface area contributed by atoms with Crippen molar-refractivity contribution in [2.24, 2.45) is 11.3 Å². The van der Waals surface area contributed by atoms with Gasteiger partial charge in [0, 0.05) is 38.6 Å². The van der Waals surface area contributed by atoms with Crippen molar-refractivity contribution in [3.05, 3.63) is 89.9 Å². The summed E-state index contributed by atoms with van der Waals surface area (Å²) in [6, 6.07) is 22.1. The van der Waals surface area contributed by atoms with E-state index in [9.17, 15) is 9.59 Å². The third-order valence-electron chi connectivity index (χ3n) is 9.13. The molecule has 204 valence electrons. The van der Waals surface area contributed by atoms with Crippen LogP contribution < -0.4 is 4.74 Å². The van der Waals surface area contributed by atoms with Crippen LogP contribution in [0, 0.1) is 11.3 Å². The maximum absolute atomic E-state index is 13.6. The molecular weight excluding hydrogens is 490 g/mol. The third-order valence-corrected chi connectivity index (χ3v) is 9.13. The van der Waals surface area contributed by atoms with Gasteiger partial charge in [0.25, 0.3) is 5.91 Å². The SMILES string of the molecule is COc1ccc(CN2CCC3(CCN(C[C@H]4CN(C(=O)c5ccco5)C[C@@H]4c4ccccc4)CC3)C2=O)cc1. The van der Waals surface area contributed by atoms with E-state index in [4.69, 9.17) is 9.15 Å². The molecule has 3 fully saturated rings. The van der Waals surface area contributed by atoms with Crippen molar-refractivity contribution in [2.75, 3.05) is 46.4 Å². The summed E-state index contributed by atoms with van der Waals surface area (Å²) in [5, 5.41) is 0. The summed E-state index contributed by atoms with van der Waals surface area (Å²) in [6.45, 7) is 5.68. The van der Waals surface area contributed by atoms with Crippen molar-refractivity contribution in [1.82, 2.24) is 14.7 Å². The van der Waals surface area contributed by atoms with Gasteiger partial charge < -0.3 is 23.9 Å². The summed E-state index contributed by atoms with van der Waals surface area (Å²) < 4.78 is 10.7. The van der Waals surface area contributed by atoms with Gasteiger partial charge in [0.2, 0.25) is 5.91 Å². The molecule has 0 unspecified atom stereocenters. The summed E-state index contributed by atoms with van der Waals surface area (Å²) in [6.07, 6.45) is 4.31. The maximum Gasteiger partial charge on any atom is 0.289 e. The predicted molar refractivity (Wildman–Crippen MR) is 148 cm³/mol. The zero-order chi connectivity index (χ0) is 26.8. The number of furan rings is 1. The molecule has 2 amide bonds. The topological polar surface area (TPSA) is 66.2 Å². The smallest absolute Gasteiger partial charge is 0.289 e. The summed E-state index contributed by atoms with van der Waals surface area (Å²) in [5.74, 6) is 2.15. The molecule has 4 heterocycles. The average molecular weight is 528 g/mol. The van der Waals surface area contributed by atoms with Crippen LogP contribution in [0.3, 0.4) is 0 Å². The Kier molecular flexibility index (Phi) is 7.17. The first-order chi connectivity index (χ1) is 19.0. The Labute approximate surface area is 230 Å². The van der Waals surface area contributed by atoms with Crippen LogP contribution in [0.2, 0.25) is 0 Å². The fourth-order valence-corrected chi connectivity index (χ4v) is 6.81. The molecule has 39 heavy (non-hydrogen) atoms. The Morgan fingerprint density at radius 3 is 2.38 bits per heavy atom. The molecule has 0 radical (unpaired) electrons. The Morgan fingerprint density at radius 1 is 0.949 bits per heavy atom. The summed E-state index contributed by atoms with van der Waals surface area (Å²) in [7, 11) is 1.67. The average Bonchev–Trinajstić information content (AvgIpc) is 3.73. The van der Waals surface area contributed by atoms with Gasteiger partial charge in [0.05, 0.1) is 18.8 Å². The van der Waals surface area contributed by atoms with Crippen molar-refractivity contribution in [3.8, 4) is 5.75 Å². The monoisotopic (exact) mass is 527 g/mol. The largest absolute Gasteiger partial charge is 0.497 e. The Hall–Kier alpha value is -3.58. The van der Waals surface area contributed by atoms with E-state index in [1.807, 2.05) is 40.1 Å². The molecular formula is C32H37N3O4. The van der Waals surface area contributed by atoms with Crippen LogP contribution in [0.4, 0.5) is 0 Å². The molecule has 1 spiro atoms. The summed E-state index contributed by atoms with van der Waals surface area (Å²) in [4.78, 5) is 33.2. The van der Waals surface area contributed by atoms with Gasteiger partial charge in [-0.05, 0) is 73.7 Å². The number of rotatable bonds is 7. The number of piperidine rings is 1. The van der Waals surface area contributed by atoms with E-state index in [1.165, 1.54) is 5.56 Å². The molecule has 7 nitrogen and oxygen atoms in total. The highest BCUT2D eigenvalue weighted by Gasteiger charge is 2.48. The predicted octanol–water partition coefficient (Wildman–Crippen LogP) is 4.66. The highest BCUT2D eigenvalue weighted by molar-refractivity contribution is 5.91. The first-order valence-corrected chi connectivity index (χ1v) is 14.1. The molecule has 3 saturated heterocycles. The van der Waals surface area contributed by atoms with Gasteiger partial charge in [-0.2, -0.15) is 0 Å². The number of likely N-dealkylation sites (tertiary alicyclic amines) is 3. The van der Waals surface area contributed by atoms with Crippen LogP contribution in [0.15, 0.2) is 77.4 Å². The number of amides is 2. The van der Waals surface area contributed by atoms with E-state index in [0.717, 1.165) is 63.3 Å². The number of ether oxygens (including phenoxy) is 1. The Balaban J connectivity index is 1.08. The second-order valence-electron chi connectivity index (χ2n) is 11.4. The van der Waals surface area contributed by atoms with Crippen molar-refractivity contribution in [1.29, 1.82) is 0 Å². The highest BCUT2D eigenvalue weighted by atomic mass is 16.5. The molecule has 0 saturated carbocycles. The number of hydrogen-bond acceptors (Lipinski definition) is 5. The van der Waals surface area contributed by atoms with Gasteiger partial charge in [-0.25, -0.2) is 0 Å². The van der Waals surface area contributed by atoms with Crippen LogP contribution in [0.1, 0.15) is 46.9 Å². The maximum atomic E-state index is 13.6. The van der Waals surface area contributed by atoms with Crippen molar-refractivity contribution in [2.45, 2.75) is 31.7 Å².